The number of carboxylic acids is 1. The van der Waals surface area contributed by atoms with E-state index in [0.29, 0.717) is 27.8 Å². The van der Waals surface area contributed by atoms with Gasteiger partial charge in [-0.25, -0.2) is 4.79 Å². The summed E-state index contributed by atoms with van der Waals surface area (Å²) >= 11 is 6.11. The third kappa shape index (κ3) is 3.92. The van der Waals surface area contributed by atoms with Crippen LogP contribution in [0.5, 0.6) is 11.5 Å². The standard InChI is InChI=1S/C16H15ClN2O4/c1-22-14-8-10(7-12(17)15(14)23-2)9-18-19-13-6-4-3-5-11(13)16(20)21/h3-9,19H,1-2H3,(H,20,21). The van der Waals surface area contributed by atoms with Gasteiger partial charge in [0, 0.05) is 0 Å². The fourth-order valence-electron chi connectivity index (χ4n) is 1.96. The number of anilines is 1. The van der Waals surface area contributed by atoms with Crippen molar-refractivity contribution in [3.8, 4) is 11.5 Å². The maximum atomic E-state index is 11.1. The molecule has 0 saturated carbocycles. The van der Waals surface area contributed by atoms with Gasteiger partial charge in [0.1, 0.15) is 0 Å². The highest BCUT2D eigenvalue weighted by molar-refractivity contribution is 6.32. The van der Waals surface area contributed by atoms with Crippen LogP contribution in [-0.4, -0.2) is 31.5 Å². The topological polar surface area (TPSA) is 80.2 Å². The second kappa shape index (κ2) is 7.51. The number of carboxylic acid groups (broad SMARTS) is 1. The number of carbonyl (C=O) groups is 1. The maximum absolute atomic E-state index is 11.1. The predicted octanol–water partition coefficient (Wildman–Crippen LogP) is 3.50. The zero-order chi connectivity index (χ0) is 16.8. The Hall–Kier alpha value is -2.73. The number of rotatable bonds is 6. The van der Waals surface area contributed by atoms with E-state index in [4.69, 9.17) is 26.2 Å². The minimum absolute atomic E-state index is 0.134. The Balaban J connectivity index is 2.22. The molecule has 0 spiro atoms. The van der Waals surface area contributed by atoms with E-state index in [1.807, 2.05) is 0 Å². The quantitative estimate of drug-likeness (QED) is 0.624. The van der Waals surface area contributed by atoms with Gasteiger partial charge in [-0.05, 0) is 29.8 Å². The highest BCUT2D eigenvalue weighted by atomic mass is 35.5. The fraction of sp³-hybridized carbons (Fsp3) is 0.125. The third-order valence-electron chi connectivity index (χ3n) is 3.01. The fourth-order valence-corrected chi connectivity index (χ4v) is 2.25. The molecule has 2 aromatic rings. The van der Waals surface area contributed by atoms with Gasteiger partial charge in [-0.1, -0.05) is 23.7 Å². The summed E-state index contributed by atoms with van der Waals surface area (Å²) in [5, 5.41) is 13.5. The van der Waals surface area contributed by atoms with E-state index in [1.54, 1.807) is 30.3 Å². The number of para-hydroxylation sites is 1. The van der Waals surface area contributed by atoms with Crippen molar-refractivity contribution in [3.63, 3.8) is 0 Å². The second-order valence-corrected chi connectivity index (χ2v) is 4.87. The van der Waals surface area contributed by atoms with Crippen LogP contribution in [0.25, 0.3) is 0 Å². The zero-order valence-electron chi connectivity index (χ0n) is 12.5. The van der Waals surface area contributed by atoms with Gasteiger partial charge < -0.3 is 14.6 Å². The Morgan fingerprint density at radius 3 is 2.65 bits per heavy atom. The van der Waals surface area contributed by atoms with Crippen LogP contribution < -0.4 is 14.9 Å². The largest absolute Gasteiger partial charge is 0.493 e. The molecular weight excluding hydrogens is 320 g/mol. The zero-order valence-corrected chi connectivity index (χ0v) is 13.3. The van der Waals surface area contributed by atoms with Crippen molar-refractivity contribution in [2.24, 2.45) is 5.10 Å². The molecule has 0 radical (unpaired) electrons. The molecule has 0 unspecified atom stereocenters. The van der Waals surface area contributed by atoms with Gasteiger partial charge >= 0.3 is 5.97 Å². The van der Waals surface area contributed by atoms with E-state index >= 15 is 0 Å². The molecule has 0 fully saturated rings. The molecule has 23 heavy (non-hydrogen) atoms. The molecule has 0 heterocycles. The van der Waals surface area contributed by atoms with Crippen LogP contribution >= 0.6 is 11.6 Å². The number of hydrazone groups is 1. The van der Waals surface area contributed by atoms with Crippen LogP contribution in [-0.2, 0) is 0 Å². The van der Waals surface area contributed by atoms with Gasteiger partial charge in [0.2, 0.25) is 0 Å². The Labute approximate surface area is 138 Å². The molecule has 0 saturated heterocycles. The number of nitrogens with zero attached hydrogens (tertiary/aromatic N) is 1. The van der Waals surface area contributed by atoms with Crippen LogP contribution in [0.1, 0.15) is 15.9 Å². The lowest BCUT2D eigenvalue weighted by atomic mass is 10.2. The lowest BCUT2D eigenvalue weighted by molar-refractivity contribution is 0.0698. The number of hydrogen-bond acceptors (Lipinski definition) is 5. The van der Waals surface area contributed by atoms with E-state index in [2.05, 4.69) is 10.5 Å². The summed E-state index contributed by atoms with van der Waals surface area (Å²) in [6.07, 6.45) is 1.51. The molecule has 7 heteroatoms. The minimum Gasteiger partial charge on any atom is -0.493 e. The lowest BCUT2D eigenvalue weighted by Crippen LogP contribution is -2.02. The number of methoxy groups -OCH3 is 2. The molecule has 0 aromatic heterocycles. The van der Waals surface area contributed by atoms with Crippen molar-refractivity contribution < 1.29 is 19.4 Å². The van der Waals surface area contributed by atoms with Gasteiger partial charge in [0.25, 0.3) is 0 Å². The van der Waals surface area contributed by atoms with Crippen LogP contribution in [0.4, 0.5) is 5.69 Å². The first-order chi connectivity index (χ1) is 11.1. The second-order valence-electron chi connectivity index (χ2n) is 4.46. The van der Waals surface area contributed by atoms with Crippen LogP contribution in [0.15, 0.2) is 41.5 Å². The summed E-state index contributed by atoms with van der Waals surface area (Å²) in [5.74, 6) is -0.111. The first-order valence-corrected chi connectivity index (χ1v) is 6.97. The van der Waals surface area contributed by atoms with Gasteiger partial charge in [-0.15, -0.1) is 0 Å². The van der Waals surface area contributed by atoms with E-state index in [9.17, 15) is 4.79 Å². The van der Waals surface area contributed by atoms with Crippen molar-refractivity contribution in [3.05, 3.63) is 52.5 Å². The van der Waals surface area contributed by atoms with Crippen molar-refractivity contribution >= 4 is 29.5 Å². The predicted molar refractivity (Wildman–Crippen MR) is 89.2 cm³/mol. The highest BCUT2D eigenvalue weighted by Crippen LogP contribution is 2.35. The normalized spacial score (nSPS) is 10.6. The van der Waals surface area contributed by atoms with Crippen LogP contribution in [0, 0.1) is 0 Å². The first-order valence-electron chi connectivity index (χ1n) is 6.59. The molecule has 0 amide bonds. The number of aromatic carboxylic acids is 1. The molecule has 0 aliphatic carbocycles. The number of ether oxygens (including phenoxy) is 2. The molecule has 0 bridgehead atoms. The Morgan fingerprint density at radius 1 is 1.26 bits per heavy atom. The summed E-state index contributed by atoms with van der Waals surface area (Å²) < 4.78 is 10.4. The molecule has 120 valence electrons. The SMILES string of the molecule is COc1cc(C=NNc2ccccc2C(=O)O)cc(Cl)c1OC. The minimum atomic E-state index is -1.03. The van der Waals surface area contributed by atoms with E-state index in [-0.39, 0.29) is 5.56 Å². The number of nitrogens with one attached hydrogen (secondary N) is 1. The van der Waals surface area contributed by atoms with E-state index < -0.39 is 5.97 Å². The van der Waals surface area contributed by atoms with Crippen molar-refractivity contribution in [1.82, 2.24) is 0 Å². The van der Waals surface area contributed by atoms with Gasteiger partial charge in [-0.3, -0.25) is 5.43 Å². The summed E-state index contributed by atoms with van der Waals surface area (Å²) in [7, 11) is 3.01. The molecular formula is C16H15ClN2O4. The first kappa shape index (κ1) is 16.6. The Kier molecular flexibility index (Phi) is 5.43. The Bertz CT molecular complexity index is 747. The van der Waals surface area contributed by atoms with Crippen LogP contribution in [0.2, 0.25) is 5.02 Å². The number of hydrogen-bond donors (Lipinski definition) is 2. The van der Waals surface area contributed by atoms with Crippen molar-refractivity contribution in [1.29, 1.82) is 0 Å². The van der Waals surface area contributed by atoms with Gasteiger partial charge in [-0.2, -0.15) is 5.10 Å². The van der Waals surface area contributed by atoms with Crippen molar-refractivity contribution in [2.75, 3.05) is 19.6 Å². The summed E-state index contributed by atoms with van der Waals surface area (Å²) in [6.45, 7) is 0. The summed E-state index contributed by atoms with van der Waals surface area (Å²) in [4.78, 5) is 11.1. The molecule has 2 aromatic carbocycles. The molecule has 0 atom stereocenters. The van der Waals surface area contributed by atoms with Gasteiger partial charge in [0.05, 0.1) is 36.7 Å². The smallest absolute Gasteiger partial charge is 0.337 e. The molecule has 0 aliphatic heterocycles. The Morgan fingerprint density at radius 2 is 2.00 bits per heavy atom. The number of halogens is 1. The van der Waals surface area contributed by atoms with Crippen LogP contribution in [0.3, 0.4) is 0 Å². The number of benzene rings is 2. The monoisotopic (exact) mass is 334 g/mol. The highest BCUT2D eigenvalue weighted by Gasteiger charge is 2.10. The summed E-state index contributed by atoms with van der Waals surface area (Å²) in [5.41, 5.74) is 3.90. The van der Waals surface area contributed by atoms with Gasteiger partial charge in [0.15, 0.2) is 11.5 Å². The maximum Gasteiger partial charge on any atom is 0.337 e. The third-order valence-corrected chi connectivity index (χ3v) is 3.29. The lowest BCUT2D eigenvalue weighted by Gasteiger charge is -2.10. The molecule has 6 nitrogen and oxygen atoms in total. The van der Waals surface area contributed by atoms with E-state index in [1.165, 1.54) is 26.5 Å². The molecule has 0 aliphatic rings. The van der Waals surface area contributed by atoms with E-state index in [0.717, 1.165) is 0 Å². The molecule has 2 N–H and O–H groups in total. The average molecular weight is 335 g/mol. The summed E-state index contributed by atoms with van der Waals surface area (Å²) in [6, 6.07) is 9.86. The van der Waals surface area contributed by atoms with Crippen molar-refractivity contribution in [2.45, 2.75) is 0 Å². The molecule has 2 rings (SSSR count). The average Bonchev–Trinajstić information content (AvgIpc) is 2.54.